The Kier molecular flexibility index (Phi) is 4.30. The molecule has 2 rings (SSSR count). The highest BCUT2D eigenvalue weighted by atomic mass is 32.1. The molecular weight excluding hydrogens is 256 g/mol. The highest BCUT2D eigenvalue weighted by Crippen LogP contribution is 2.27. The summed E-state index contributed by atoms with van der Waals surface area (Å²) in [6.07, 6.45) is 2.33. The quantitative estimate of drug-likeness (QED) is 0.803. The third-order valence-corrected chi connectivity index (χ3v) is 4.10. The van der Waals surface area contributed by atoms with Crippen molar-refractivity contribution in [3.63, 3.8) is 0 Å². The van der Waals surface area contributed by atoms with E-state index in [-0.39, 0.29) is 0 Å². The number of H-pyrrole nitrogens is 1. The SMILES string of the molecule is CCC(C)CC(C)n1c(=S)[nH]c2ccc(OC)cc21. The van der Waals surface area contributed by atoms with Crippen LogP contribution in [0, 0.1) is 10.7 Å². The van der Waals surface area contributed by atoms with Crippen LogP contribution in [0.25, 0.3) is 11.0 Å². The van der Waals surface area contributed by atoms with Crippen LogP contribution in [0.4, 0.5) is 0 Å². The van der Waals surface area contributed by atoms with E-state index in [9.17, 15) is 0 Å². The number of imidazole rings is 1. The maximum atomic E-state index is 5.46. The van der Waals surface area contributed by atoms with Crippen LogP contribution in [0.2, 0.25) is 0 Å². The molecule has 1 heterocycles. The Morgan fingerprint density at radius 1 is 1.37 bits per heavy atom. The van der Waals surface area contributed by atoms with Gasteiger partial charge in [0.05, 0.1) is 18.1 Å². The van der Waals surface area contributed by atoms with Gasteiger partial charge in [-0.05, 0) is 43.6 Å². The average molecular weight is 278 g/mol. The van der Waals surface area contributed by atoms with Crippen molar-refractivity contribution in [2.75, 3.05) is 7.11 Å². The molecule has 1 aromatic carbocycles. The van der Waals surface area contributed by atoms with E-state index in [4.69, 9.17) is 17.0 Å². The highest BCUT2D eigenvalue weighted by Gasteiger charge is 2.14. The molecule has 1 aromatic heterocycles. The highest BCUT2D eigenvalue weighted by molar-refractivity contribution is 7.71. The fraction of sp³-hybridized carbons (Fsp3) is 0.533. The predicted molar refractivity (Wildman–Crippen MR) is 82.5 cm³/mol. The molecule has 0 fully saturated rings. The zero-order valence-corrected chi connectivity index (χ0v) is 12.9. The summed E-state index contributed by atoms with van der Waals surface area (Å²) in [5.74, 6) is 1.57. The van der Waals surface area contributed by atoms with Crippen LogP contribution in [0.1, 0.15) is 39.7 Å². The lowest BCUT2D eigenvalue weighted by Crippen LogP contribution is -2.09. The first kappa shape index (κ1) is 14.1. The van der Waals surface area contributed by atoms with Gasteiger partial charge in [-0.15, -0.1) is 0 Å². The molecule has 0 aliphatic rings. The minimum Gasteiger partial charge on any atom is -0.497 e. The van der Waals surface area contributed by atoms with E-state index >= 15 is 0 Å². The number of methoxy groups -OCH3 is 1. The first-order valence-corrected chi connectivity index (χ1v) is 7.25. The molecule has 0 bridgehead atoms. The first-order chi connectivity index (χ1) is 9.06. The number of fused-ring (bicyclic) bond motifs is 1. The summed E-state index contributed by atoms with van der Waals surface area (Å²) in [5, 5.41) is 0. The normalized spacial score (nSPS) is 14.5. The van der Waals surface area contributed by atoms with E-state index < -0.39 is 0 Å². The number of benzene rings is 1. The van der Waals surface area contributed by atoms with E-state index in [1.807, 2.05) is 12.1 Å². The summed E-state index contributed by atoms with van der Waals surface area (Å²) in [6.45, 7) is 6.75. The maximum Gasteiger partial charge on any atom is 0.178 e. The Labute approximate surface area is 119 Å². The molecule has 0 saturated carbocycles. The average Bonchev–Trinajstić information content (AvgIpc) is 2.73. The first-order valence-electron chi connectivity index (χ1n) is 6.85. The minimum atomic E-state index is 0.392. The van der Waals surface area contributed by atoms with Crippen molar-refractivity contribution in [2.24, 2.45) is 5.92 Å². The summed E-state index contributed by atoms with van der Waals surface area (Å²) in [5.41, 5.74) is 2.20. The lowest BCUT2D eigenvalue weighted by atomic mass is 10.0. The van der Waals surface area contributed by atoms with E-state index in [0.29, 0.717) is 12.0 Å². The molecule has 2 unspecified atom stereocenters. The Morgan fingerprint density at radius 2 is 2.11 bits per heavy atom. The van der Waals surface area contributed by atoms with Gasteiger partial charge in [-0.1, -0.05) is 20.3 Å². The van der Waals surface area contributed by atoms with Crippen LogP contribution < -0.4 is 4.74 Å². The van der Waals surface area contributed by atoms with Crippen LogP contribution in [0.5, 0.6) is 5.75 Å². The number of hydrogen-bond donors (Lipinski definition) is 1. The maximum absolute atomic E-state index is 5.46. The molecule has 0 aliphatic heterocycles. The second-order valence-electron chi connectivity index (χ2n) is 5.28. The lowest BCUT2D eigenvalue weighted by molar-refractivity contribution is 0.400. The van der Waals surface area contributed by atoms with Crippen molar-refractivity contribution in [1.82, 2.24) is 9.55 Å². The van der Waals surface area contributed by atoms with Gasteiger partial charge in [0.25, 0.3) is 0 Å². The number of rotatable bonds is 5. The zero-order valence-electron chi connectivity index (χ0n) is 12.1. The molecule has 0 aliphatic carbocycles. The van der Waals surface area contributed by atoms with Gasteiger partial charge in [0.1, 0.15) is 5.75 Å². The molecule has 0 radical (unpaired) electrons. The minimum absolute atomic E-state index is 0.392. The molecule has 2 aromatic rings. The van der Waals surface area contributed by atoms with Crippen molar-refractivity contribution in [2.45, 2.75) is 39.7 Å². The summed E-state index contributed by atoms with van der Waals surface area (Å²) in [7, 11) is 1.69. The van der Waals surface area contributed by atoms with Crippen molar-refractivity contribution < 1.29 is 4.74 Å². The molecule has 4 heteroatoms. The van der Waals surface area contributed by atoms with Gasteiger partial charge < -0.3 is 14.3 Å². The van der Waals surface area contributed by atoms with Crippen LogP contribution in [-0.2, 0) is 0 Å². The molecule has 104 valence electrons. The molecule has 2 atom stereocenters. The van der Waals surface area contributed by atoms with Gasteiger partial charge in [-0.2, -0.15) is 0 Å². The zero-order chi connectivity index (χ0) is 14.0. The van der Waals surface area contributed by atoms with E-state index in [0.717, 1.165) is 28.0 Å². The van der Waals surface area contributed by atoms with Crippen molar-refractivity contribution >= 4 is 23.3 Å². The monoisotopic (exact) mass is 278 g/mol. The van der Waals surface area contributed by atoms with Gasteiger partial charge in [0, 0.05) is 12.1 Å². The second kappa shape index (κ2) is 5.78. The number of nitrogens with one attached hydrogen (secondary N) is 1. The van der Waals surface area contributed by atoms with Gasteiger partial charge in [-0.3, -0.25) is 0 Å². The van der Waals surface area contributed by atoms with Crippen LogP contribution in [0.3, 0.4) is 0 Å². The van der Waals surface area contributed by atoms with Crippen molar-refractivity contribution in [1.29, 1.82) is 0 Å². The number of aromatic nitrogens is 2. The summed E-state index contributed by atoms with van der Waals surface area (Å²) in [6, 6.07) is 6.42. The van der Waals surface area contributed by atoms with E-state index in [1.54, 1.807) is 7.11 Å². The summed E-state index contributed by atoms with van der Waals surface area (Å²) in [4.78, 5) is 3.27. The molecular formula is C15H22N2OS. The van der Waals surface area contributed by atoms with Gasteiger partial charge in [0.2, 0.25) is 0 Å². The Morgan fingerprint density at radius 3 is 2.74 bits per heavy atom. The molecule has 0 amide bonds. The predicted octanol–water partition coefficient (Wildman–Crippen LogP) is 4.70. The van der Waals surface area contributed by atoms with Gasteiger partial charge >= 0.3 is 0 Å². The van der Waals surface area contributed by atoms with Crippen LogP contribution in [-0.4, -0.2) is 16.7 Å². The fourth-order valence-corrected chi connectivity index (χ4v) is 2.91. The van der Waals surface area contributed by atoms with Gasteiger partial charge in [-0.25, -0.2) is 0 Å². The van der Waals surface area contributed by atoms with Gasteiger partial charge in [0.15, 0.2) is 4.77 Å². The summed E-state index contributed by atoms with van der Waals surface area (Å²) < 4.78 is 8.31. The lowest BCUT2D eigenvalue weighted by Gasteiger charge is -2.18. The fourth-order valence-electron chi connectivity index (χ4n) is 2.52. The second-order valence-corrected chi connectivity index (χ2v) is 5.67. The Hall–Kier alpha value is -1.29. The third kappa shape index (κ3) is 2.84. The third-order valence-electron chi connectivity index (χ3n) is 3.81. The van der Waals surface area contributed by atoms with E-state index in [2.05, 4.69) is 36.4 Å². The largest absolute Gasteiger partial charge is 0.497 e. The van der Waals surface area contributed by atoms with Crippen molar-refractivity contribution in [3.05, 3.63) is 23.0 Å². The smallest absolute Gasteiger partial charge is 0.178 e. The van der Waals surface area contributed by atoms with E-state index in [1.165, 1.54) is 6.42 Å². The standard InChI is InChI=1S/C15H22N2OS/c1-5-10(2)8-11(3)17-14-9-12(18-4)6-7-13(14)16-15(17)19/h6-7,9-11H,5,8H2,1-4H3,(H,16,19). The number of nitrogens with zero attached hydrogens (tertiary/aromatic N) is 1. The summed E-state index contributed by atoms with van der Waals surface area (Å²) >= 11 is 5.46. The van der Waals surface area contributed by atoms with Crippen molar-refractivity contribution in [3.8, 4) is 5.75 Å². The van der Waals surface area contributed by atoms with Crippen LogP contribution >= 0.6 is 12.2 Å². The molecule has 0 spiro atoms. The number of hydrogen-bond acceptors (Lipinski definition) is 2. The van der Waals surface area contributed by atoms with Crippen LogP contribution in [0.15, 0.2) is 18.2 Å². The number of aromatic amines is 1. The molecule has 1 N–H and O–H groups in total. The molecule has 19 heavy (non-hydrogen) atoms. The topological polar surface area (TPSA) is 29.9 Å². The Balaban J connectivity index is 2.46. The Bertz CT molecular complexity index is 614. The molecule has 3 nitrogen and oxygen atoms in total. The molecule has 0 saturated heterocycles. The number of ether oxygens (including phenoxy) is 1.